The van der Waals surface area contributed by atoms with Crippen molar-refractivity contribution in [1.82, 2.24) is 24.0 Å². The predicted octanol–water partition coefficient (Wildman–Crippen LogP) is 2.29. The number of rotatable bonds is 10. The standard InChI is InChI=1S/C16H26N8O4/c1-11-18-9-15(23(25)26)21(11)13(3)20(8-6-5-7-17)14(4)22-12(2)19-10-16(22)24(27)28/h9-10,13-14H,5-8,17H2,1-4H3. The van der Waals surface area contributed by atoms with E-state index in [1.54, 1.807) is 13.8 Å². The molecule has 0 bridgehead atoms. The Balaban J connectivity index is 2.48. The van der Waals surface area contributed by atoms with Gasteiger partial charge in [-0.05, 0) is 43.1 Å². The van der Waals surface area contributed by atoms with Gasteiger partial charge in [0.05, 0.1) is 0 Å². The number of nitrogens with two attached hydrogens (primary N) is 1. The van der Waals surface area contributed by atoms with E-state index in [2.05, 4.69) is 9.97 Å². The zero-order chi connectivity index (χ0) is 21.0. The van der Waals surface area contributed by atoms with Gasteiger partial charge in [-0.15, -0.1) is 0 Å². The van der Waals surface area contributed by atoms with E-state index in [0.717, 1.165) is 12.8 Å². The maximum Gasteiger partial charge on any atom is 0.344 e. The van der Waals surface area contributed by atoms with Crippen molar-refractivity contribution in [3.05, 3.63) is 44.3 Å². The van der Waals surface area contributed by atoms with E-state index in [1.807, 2.05) is 18.7 Å². The van der Waals surface area contributed by atoms with Gasteiger partial charge in [-0.1, -0.05) is 0 Å². The largest absolute Gasteiger partial charge is 0.358 e. The highest BCUT2D eigenvalue weighted by molar-refractivity contribution is 5.21. The number of nitrogens with zero attached hydrogens (tertiary/aromatic N) is 7. The van der Waals surface area contributed by atoms with Gasteiger partial charge in [-0.2, -0.15) is 9.13 Å². The number of unbranched alkanes of at least 4 members (excludes halogenated alkanes) is 1. The summed E-state index contributed by atoms with van der Waals surface area (Å²) in [5, 5.41) is 22.8. The first-order valence-electron chi connectivity index (χ1n) is 9.02. The normalized spacial score (nSPS) is 13.6. The van der Waals surface area contributed by atoms with Gasteiger partial charge in [-0.3, -0.25) is 0 Å². The van der Waals surface area contributed by atoms with Crippen molar-refractivity contribution in [3.8, 4) is 0 Å². The highest BCUT2D eigenvalue weighted by Gasteiger charge is 2.35. The SMILES string of the molecule is Cc1ncc([N+](=O)[O-])n1C(C)N(CCCCN)C(C)n1c([N+](=O)[O-])cnc1C. The topological polar surface area (TPSA) is 151 Å². The first kappa shape index (κ1) is 21.4. The van der Waals surface area contributed by atoms with Gasteiger partial charge in [0.2, 0.25) is 0 Å². The van der Waals surface area contributed by atoms with E-state index in [9.17, 15) is 20.2 Å². The molecule has 2 heterocycles. The quantitative estimate of drug-likeness (QED) is 0.366. The second-order valence-corrected chi connectivity index (χ2v) is 6.58. The molecule has 2 aromatic heterocycles. The molecule has 0 aliphatic rings. The Morgan fingerprint density at radius 3 is 1.79 bits per heavy atom. The lowest BCUT2D eigenvalue weighted by Gasteiger charge is -2.31. The van der Waals surface area contributed by atoms with Crippen LogP contribution in [-0.2, 0) is 0 Å². The van der Waals surface area contributed by atoms with Crippen LogP contribution < -0.4 is 5.73 Å². The van der Waals surface area contributed by atoms with Crippen LogP contribution in [0.2, 0.25) is 0 Å². The molecule has 0 spiro atoms. The van der Waals surface area contributed by atoms with Crippen LogP contribution in [0.1, 0.15) is 50.7 Å². The van der Waals surface area contributed by atoms with Crippen molar-refractivity contribution in [2.75, 3.05) is 13.1 Å². The van der Waals surface area contributed by atoms with E-state index >= 15 is 0 Å². The molecule has 28 heavy (non-hydrogen) atoms. The molecule has 0 aliphatic carbocycles. The molecule has 0 saturated heterocycles. The minimum Gasteiger partial charge on any atom is -0.358 e. The molecule has 2 rings (SSSR count). The Morgan fingerprint density at radius 1 is 1.00 bits per heavy atom. The van der Waals surface area contributed by atoms with Crippen molar-refractivity contribution in [1.29, 1.82) is 0 Å². The van der Waals surface area contributed by atoms with E-state index in [0.29, 0.717) is 24.7 Å². The van der Waals surface area contributed by atoms with Crippen LogP contribution in [0.15, 0.2) is 12.4 Å². The number of aryl methyl sites for hydroxylation is 2. The summed E-state index contributed by atoms with van der Waals surface area (Å²) in [7, 11) is 0. The third-order valence-corrected chi connectivity index (χ3v) is 4.88. The fourth-order valence-corrected chi connectivity index (χ4v) is 3.50. The number of hydrogen-bond donors (Lipinski definition) is 1. The molecule has 12 nitrogen and oxygen atoms in total. The van der Waals surface area contributed by atoms with Gasteiger partial charge >= 0.3 is 11.6 Å². The highest BCUT2D eigenvalue weighted by atomic mass is 16.6. The minimum atomic E-state index is -0.482. The van der Waals surface area contributed by atoms with Crippen LogP contribution >= 0.6 is 0 Å². The molecule has 0 amide bonds. The van der Waals surface area contributed by atoms with Crippen molar-refractivity contribution >= 4 is 11.6 Å². The molecule has 0 aromatic carbocycles. The smallest absolute Gasteiger partial charge is 0.344 e. The summed E-state index contributed by atoms with van der Waals surface area (Å²) in [6.45, 7) is 8.08. The third kappa shape index (κ3) is 4.17. The van der Waals surface area contributed by atoms with Gasteiger partial charge in [0.15, 0.2) is 24.0 Å². The van der Waals surface area contributed by atoms with Crippen LogP contribution in [0.25, 0.3) is 0 Å². The van der Waals surface area contributed by atoms with Crippen LogP contribution in [0, 0.1) is 34.1 Å². The zero-order valence-electron chi connectivity index (χ0n) is 16.5. The van der Waals surface area contributed by atoms with Crippen molar-refractivity contribution in [3.63, 3.8) is 0 Å². The van der Waals surface area contributed by atoms with Gasteiger partial charge < -0.3 is 26.0 Å². The summed E-state index contributed by atoms with van der Waals surface area (Å²) in [5.74, 6) is 0.731. The van der Waals surface area contributed by atoms with E-state index in [1.165, 1.54) is 21.5 Å². The molecule has 2 atom stereocenters. The number of hydrogen-bond acceptors (Lipinski definition) is 8. The highest BCUT2D eigenvalue weighted by Crippen LogP contribution is 2.31. The molecular formula is C16H26N8O4. The molecule has 0 radical (unpaired) electrons. The van der Waals surface area contributed by atoms with E-state index < -0.39 is 22.2 Å². The molecule has 0 aliphatic heterocycles. The lowest BCUT2D eigenvalue weighted by Crippen LogP contribution is -2.38. The van der Waals surface area contributed by atoms with Crippen molar-refractivity contribution in [2.24, 2.45) is 5.73 Å². The maximum absolute atomic E-state index is 11.4. The summed E-state index contributed by atoms with van der Waals surface area (Å²) in [5.41, 5.74) is 5.60. The van der Waals surface area contributed by atoms with Crippen molar-refractivity contribution < 1.29 is 9.85 Å². The zero-order valence-corrected chi connectivity index (χ0v) is 16.5. The third-order valence-electron chi connectivity index (χ3n) is 4.88. The average molecular weight is 394 g/mol. The molecule has 2 N–H and O–H groups in total. The molecule has 0 saturated carbocycles. The summed E-state index contributed by atoms with van der Waals surface area (Å²) >= 11 is 0. The average Bonchev–Trinajstić information content (AvgIpc) is 3.20. The Bertz CT molecular complexity index is 782. The van der Waals surface area contributed by atoms with Gasteiger partial charge in [-0.25, -0.2) is 14.9 Å². The second kappa shape index (κ2) is 8.89. The number of imidazole rings is 2. The van der Waals surface area contributed by atoms with Crippen LogP contribution in [0.3, 0.4) is 0 Å². The number of nitro groups is 2. The molecular weight excluding hydrogens is 368 g/mol. The summed E-state index contributed by atoms with van der Waals surface area (Å²) in [6, 6.07) is 0. The molecule has 0 fully saturated rings. The Labute approximate surface area is 162 Å². The second-order valence-electron chi connectivity index (χ2n) is 6.58. The van der Waals surface area contributed by atoms with Crippen LogP contribution in [-0.4, -0.2) is 46.9 Å². The van der Waals surface area contributed by atoms with Gasteiger partial charge in [0, 0.05) is 20.4 Å². The fraction of sp³-hybridized carbons (Fsp3) is 0.625. The van der Waals surface area contributed by atoms with E-state index in [4.69, 9.17) is 5.73 Å². The van der Waals surface area contributed by atoms with Gasteiger partial charge in [0.1, 0.15) is 12.4 Å². The molecule has 12 heteroatoms. The van der Waals surface area contributed by atoms with Crippen LogP contribution in [0.5, 0.6) is 0 Å². The maximum atomic E-state index is 11.4. The molecule has 2 aromatic rings. The molecule has 154 valence electrons. The lowest BCUT2D eigenvalue weighted by atomic mass is 10.2. The fourth-order valence-electron chi connectivity index (χ4n) is 3.50. The Morgan fingerprint density at radius 2 is 1.43 bits per heavy atom. The monoisotopic (exact) mass is 394 g/mol. The van der Waals surface area contributed by atoms with Crippen LogP contribution in [0.4, 0.5) is 11.6 Å². The lowest BCUT2D eigenvalue weighted by molar-refractivity contribution is -0.394. The Hall–Kier alpha value is -2.86. The number of aromatic nitrogens is 4. The minimum absolute atomic E-state index is 0.127. The Kier molecular flexibility index (Phi) is 6.80. The molecule has 2 unspecified atom stereocenters. The van der Waals surface area contributed by atoms with Gasteiger partial charge in [0.25, 0.3) is 0 Å². The summed E-state index contributed by atoms with van der Waals surface area (Å²) in [6.07, 6.45) is 3.04. The summed E-state index contributed by atoms with van der Waals surface area (Å²) in [4.78, 5) is 32.0. The van der Waals surface area contributed by atoms with Crippen molar-refractivity contribution in [2.45, 2.75) is 52.9 Å². The predicted molar refractivity (Wildman–Crippen MR) is 102 cm³/mol. The van der Waals surface area contributed by atoms with E-state index in [-0.39, 0.29) is 11.6 Å². The first-order valence-corrected chi connectivity index (χ1v) is 9.02. The first-order chi connectivity index (χ1) is 13.2. The summed E-state index contributed by atoms with van der Waals surface area (Å²) < 4.78 is 3.05.